The van der Waals surface area contributed by atoms with Gasteiger partial charge in [0.05, 0.1) is 12.1 Å². The number of pyridine rings is 1. The van der Waals surface area contributed by atoms with E-state index < -0.39 is 0 Å². The molecule has 1 atom stereocenters. The number of nitrogens with one attached hydrogen (secondary N) is 2. The van der Waals surface area contributed by atoms with Crippen molar-refractivity contribution in [2.24, 2.45) is 4.99 Å². The Balaban J connectivity index is 1.69. The van der Waals surface area contributed by atoms with Gasteiger partial charge in [-0.2, -0.15) is 0 Å². The first-order valence-corrected chi connectivity index (χ1v) is 8.96. The zero-order valence-electron chi connectivity index (χ0n) is 13.9. The van der Waals surface area contributed by atoms with Gasteiger partial charge in [0.1, 0.15) is 5.84 Å². The highest BCUT2D eigenvalue weighted by atomic mass is 15.1. The number of anilines is 1. The Morgan fingerprint density at radius 3 is 2.71 bits per heavy atom. The minimum Gasteiger partial charge on any atom is -0.342 e. The molecule has 1 aromatic carbocycles. The number of para-hydroxylation sites is 1. The summed E-state index contributed by atoms with van der Waals surface area (Å²) in [4.78, 5) is 9.43. The molecule has 1 fully saturated rings. The first kappa shape index (κ1) is 15.3. The Morgan fingerprint density at radius 1 is 1.00 bits per heavy atom. The Morgan fingerprint density at radius 2 is 1.88 bits per heavy atom. The van der Waals surface area contributed by atoms with Crippen molar-refractivity contribution in [1.82, 2.24) is 10.3 Å². The number of hydrogen-bond donors (Lipinski definition) is 2. The van der Waals surface area contributed by atoms with Crippen molar-refractivity contribution in [2.75, 3.05) is 5.32 Å². The van der Waals surface area contributed by atoms with Crippen molar-refractivity contribution >= 4 is 11.5 Å². The van der Waals surface area contributed by atoms with Crippen LogP contribution in [-0.4, -0.2) is 16.9 Å². The molecule has 2 N–H and O–H groups in total. The summed E-state index contributed by atoms with van der Waals surface area (Å²) in [6.07, 6.45) is 10.1. The molecule has 4 heteroatoms. The molecule has 1 aliphatic heterocycles. The zero-order valence-corrected chi connectivity index (χ0v) is 13.9. The van der Waals surface area contributed by atoms with Crippen LogP contribution in [0.1, 0.15) is 49.3 Å². The summed E-state index contributed by atoms with van der Waals surface area (Å²) >= 11 is 0. The third kappa shape index (κ3) is 3.34. The second-order valence-electron chi connectivity index (χ2n) is 6.69. The highest BCUT2D eigenvalue weighted by Crippen LogP contribution is 2.27. The number of aliphatic imine (C=N–C) groups is 1. The zero-order chi connectivity index (χ0) is 16.2. The number of amidine groups is 1. The molecule has 1 aromatic heterocycles. The molecule has 124 valence electrons. The topological polar surface area (TPSA) is 49.3 Å². The van der Waals surface area contributed by atoms with E-state index >= 15 is 0 Å². The fourth-order valence-electron chi connectivity index (χ4n) is 3.65. The predicted octanol–water partition coefficient (Wildman–Crippen LogP) is 4.07. The minimum atomic E-state index is 0.0630. The predicted molar refractivity (Wildman–Crippen MR) is 98.2 cm³/mol. The van der Waals surface area contributed by atoms with Gasteiger partial charge in [0.15, 0.2) is 0 Å². The van der Waals surface area contributed by atoms with E-state index in [4.69, 9.17) is 4.99 Å². The molecule has 0 bridgehead atoms. The number of fused-ring (bicyclic) bond motifs is 1. The maximum Gasteiger partial charge on any atom is 0.123 e. The molecule has 2 heterocycles. The average Bonchev–Trinajstić information content (AvgIpc) is 2.82. The molecule has 0 amide bonds. The van der Waals surface area contributed by atoms with Gasteiger partial charge >= 0.3 is 0 Å². The van der Waals surface area contributed by atoms with E-state index in [2.05, 4.69) is 45.9 Å². The van der Waals surface area contributed by atoms with Gasteiger partial charge in [-0.05, 0) is 36.1 Å². The Hall–Kier alpha value is -2.20. The van der Waals surface area contributed by atoms with Crippen LogP contribution < -0.4 is 10.6 Å². The molecular weight excluding hydrogens is 296 g/mol. The third-order valence-corrected chi connectivity index (χ3v) is 4.96. The lowest BCUT2D eigenvalue weighted by atomic mass is 9.96. The Kier molecular flexibility index (Phi) is 4.56. The first-order valence-electron chi connectivity index (χ1n) is 8.96. The summed E-state index contributed by atoms with van der Waals surface area (Å²) in [5, 5.41) is 7.28. The number of nitrogens with zero attached hydrogens (tertiary/aromatic N) is 2. The Labute approximate surface area is 143 Å². The number of aromatic nitrogens is 1. The molecule has 1 saturated carbocycles. The molecule has 4 rings (SSSR count). The number of rotatable bonds is 2. The van der Waals surface area contributed by atoms with Crippen LogP contribution in [0.3, 0.4) is 0 Å². The average molecular weight is 320 g/mol. The van der Waals surface area contributed by atoms with Crippen molar-refractivity contribution in [3.63, 3.8) is 0 Å². The van der Waals surface area contributed by atoms with E-state index in [-0.39, 0.29) is 6.04 Å². The van der Waals surface area contributed by atoms with Gasteiger partial charge in [-0.25, -0.2) is 0 Å². The van der Waals surface area contributed by atoms with E-state index in [1.807, 2.05) is 18.5 Å². The summed E-state index contributed by atoms with van der Waals surface area (Å²) < 4.78 is 0. The monoisotopic (exact) mass is 320 g/mol. The van der Waals surface area contributed by atoms with Crippen LogP contribution in [0.25, 0.3) is 0 Å². The molecule has 0 unspecified atom stereocenters. The Bertz CT molecular complexity index is 705. The first-order chi connectivity index (χ1) is 11.9. The molecule has 0 radical (unpaired) electrons. The van der Waals surface area contributed by atoms with E-state index in [1.165, 1.54) is 37.7 Å². The van der Waals surface area contributed by atoms with Crippen LogP contribution in [-0.2, 0) is 6.54 Å². The highest BCUT2D eigenvalue weighted by Gasteiger charge is 2.24. The van der Waals surface area contributed by atoms with E-state index in [0.717, 1.165) is 23.6 Å². The third-order valence-electron chi connectivity index (χ3n) is 4.96. The van der Waals surface area contributed by atoms with Gasteiger partial charge in [0, 0.05) is 24.6 Å². The number of benzene rings is 1. The van der Waals surface area contributed by atoms with Gasteiger partial charge < -0.3 is 5.32 Å². The van der Waals surface area contributed by atoms with Crippen LogP contribution >= 0.6 is 0 Å². The van der Waals surface area contributed by atoms with Crippen LogP contribution in [0, 0.1) is 0 Å². The second-order valence-corrected chi connectivity index (χ2v) is 6.69. The fourth-order valence-corrected chi connectivity index (χ4v) is 3.65. The molecule has 0 spiro atoms. The molecule has 24 heavy (non-hydrogen) atoms. The lowest BCUT2D eigenvalue weighted by Gasteiger charge is -2.23. The van der Waals surface area contributed by atoms with Crippen molar-refractivity contribution < 1.29 is 0 Å². The lowest BCUT2D eigenvalue weighted by molar-refractivity contribution is 0.441. The summed E-state index contributed by atoms with van der Waals surface area (Å²) in [5.74, 6) is 1.03. The number of hydrogen-bond acceptors (Lipinski definition) is 3. The quantitative estimate of drug-likeness (QED) is 0.877. The normalized spacial score (nSPS) is 23.3. The van der Waals surface area contributed by atoms with E-state index in [0.29, 0.717) is 6.04 Å². The van der Waals surface area contributed by atoms with Crippen LogP contribution in [0.2, 0.25) is 0 Å². The van der Waals surface area contributed by atoms with Gasteiger partial charge in [-0.1, -0.05) is 43.5 Å². The second kappa shape index (κ2) is 7.14. The SMILES string of the molecule is c1cncc([C@@H]2NCc3ccccc3NC2=NC2CCCCC2)c1. The lowest BCUT2D eigenvalue weighted by Crippen LogP contribution is -2.31. The van der Waals surface area contributed by atoms with Crippen LogP contribution in [0.5, 0.6) is 0 Å². The molecule has 2 aliphatic rings. The molecule has 2 aromatic rings. The maximum absolute atomic E-state index is 5.13. The van der Waals surface area contributed by atoms with Gasteiger partial charge in [0.2, 0.25) is 0 Å². The van der Waals surface area contributed by atoms with Gasteiger partial charge in [-0.3, -0.25) is 15.3 Å². The summed E-state index contributed by atoms with van der Waals surface area (Å²) in [6.45, 7) is 0.826. The van der Waals surface area contributed by atoms with Crippen molar-refractivity contribution in [1.29, 1.82) is 0 Å². The van der Waals surface area contributed by atoms with Gasteiger partial charge in [-0.15, -0.1) is 0 Å². The molecule has 0 saturated heterocycles. The van der Waals surface area contributed by atoms with Gasteiger partial charge in [0.25, 0.3) is 0 Å². The van der Waals surface area contributed by atoms with E-state index in [1.54, 1.807) is 0 Å². The summed E-state index contributed by atoms with van der Waals surface area (Å²) in [7, 11) is 0. The molecule has 4 nitrogen and oxygen atoms in total. The standard InChI is InChI=1S/C20H24N4/c1-2-9-17(10-3-1)23-20-19(16-8-6-12-21-13-16)22-14-15-7-4-5-11-18(15)24-20/h4-8,11-13,17,19,22H,1-3,9-10,14H2,(H,23,24)/t19-/m0/s1. The highest BCUT2D eigenvalue weighted by molar-refractivity contribution is 6.01. The van der Waals surface area contributed by atoms with Crippen molar-refractivity contribution in [3.05, 3.63) is 59.9 Å². The van der Waals surface area contributed by atoms with Crippen LogP contribution in [0.4, 0.5) is 5.69 Å². The minimum absolute atomic E-state index is 0.0630. The molecular formula is C20H24N4. The largest absolute Gasteiger partial charge is 0.342 e. The smallest absolute Gasteiger partial charge is 0.123 e. The van der Waals surface area contributed by atoms with Crippen molar-refractivity contribution in [3.8, 4) is 0 Å². The summed E-state index contributed by atoms with van der Waals surface area (Å²) in [5.41, 5.74) is 3.60. The van der Waals surface area contributed by atoms with Crippen LogP contribution in [0.15, 0.2) is 53.8 Å². The van der Waals surface area contributed by atoms with E-state index in [9.17, 15) is 0 Å². The fraction of sp³-hybridized carbons (Fsp3) is 0.400. The van der Waals surface area contributed by atoms with Crippen molar-refractivity contribution in [2.45, 2.75) is 50.7 Å². The summed E-state index contributed by atoms with van der Waals surface area (Å²) in [6, 6.07) is 13.1. The maximum atomic E-state index is 5.13. The molecule has 1 aliphatic carbocycles.